The molecule has 1 amide bonds. The van der Waals surface area contributed by atoms with Gasteiger partial charge in [-0.15, -0.1) is 0 Å². The molecule has 0 bridgehead atoms. The molecule has 0 aliphatic rings. The summed E-state index contributed by atoms with van der Waals surface area (Å²) in [5.41, 5.74) is 2.24. The van der Waals surface area contributed by atoms with Crippen LogP contribution in [0.15, 0.2) is 53.0 Å². The van der Waals surface area contributed by atoms with E-state index >= 15 is 0 Å². The van der Waals surface area contributed by atoms with Gasteiger partial charge in [0.25, 0.3) is 5.91 Å². The molecular weight excluding hydrogens is 382 g/mol. The van der Waals surface area contributed by atoms with Crippen molar-refractivity contribution in [3.63, 3.8) is 0 Å². The third-order valence-electron chi connectivity index (χ3n) is 4.09. The average molecular weight is 404 g/mol. The van der Waals surface area contributed by atoms with Crippen LogP contribution < -0.4 is 5.32 Å². The molecule has 0 saturated carbocycles. The van der Waals surface area contributed by atoms with Crippen molar-refractivity contribution < 1.29 is 14.3 Å². The van der Waals surface area contributed by atoms with E-state index in [1.165, 1.54) is 0 Å². The molecule has 0 aliphatic heterocycles. The summed E-state index contributed by atoms with van der Waals surface area (Å²) in [7, 11) is 0. The van der Waals surface area contributed by atoms with E-state index in [-0.39, 0.29) is 5.91 Å². The van der Waals surface area contributed by atoms with Crippen LogP contribution in [-0.4, -0.2) is 18.0 Å². The fourth-order valence-electron chi connectivity index (χ4n) is 2.36. The highest BCUT2D eigenvalue weighted by Crippen LogP contribution is 2.26. The highest BCUT2D eigenvalue weighted by molar-refractivity contribution is 9.10. The van der Waals surface area contributed by atoms with Crippen LogP contribution in [0.3, 0.4) is 0 Å². The minimum Gasteiger partial charge on any atom is -0.449 e. The zero-order valence-corrected chi connectivity index (χ0v) is 16.2. The summed E-state index contributed by atoms with van der Waals surface area (Å²) in [5.74, 6) is -0.538. The van der Waals surface area contributed by atoms with Crippen molar-refractivity contribution in [3.8, 4) is 0 Å². The van der Waals surface area contributed by atoms with Gasteiger partial charge in [0.2, 0.25) is 0 Å². The first-order valence-corrected chi connectivity index (χ1v) is 9.08. The number of esters is 1. The summed E-state index contributed by atoms with van der Waals surface area (Å²) in [6.07, 6.45) is 0.0854. The van der Waals surface area contributed by atoms with Gasteiger partial charge in [0, 0.05) is 10.2 Å². The number of benzene rings is 2. The van der Waals surface area contributed by atoms with E-state index in [0.717, 1.165) is 22.1 Å². The third kappa shape index (κ3) is 5.16. The van der Waals surface area contributed by atoms with Gasteiger partial charge in [-0.3, -0.25) is 4.79 Å². The van der Waals surface area contributed by atoms with E-state index in [1.807, 2.05) is 24.3 Å². The third-order valence-corrected chi connectivity index (χ3v) is 4.62. The molecule has 0 saturated heterocycles. The standard InChI is InChI=1S/C20H22BrNO3/c1-4-13(2)17-7-5-6-8-18(17)22-19(23)14(3)25-20(24)15-9-11-16(21)12-10-15/h5-14H,4H2,1-3H3,(H,22,23)/t13-,14+/m0/s1. The van der Waals surface area contributed by atoms with Crippen molar-refractivity contribution in [1.29, 1.82) is 0 Å². The second kappa shape index (κ2) is 8.81. The van der Waals surface area contributed by atoms with Crippen LogP contribution in [0.4, 0.5) is 5.69 Å². The topological polar surface area (TPSA) is 55.4 Å². The van der Waals surface area contributed by atoms with Crippen molar-refractivity contribution in [2.24, 2.45) is 0 Å². The molecule has 0 aromatic heterocycles. The van der Waals surface area contributed by atoms with Gasteiger partial charge in [-0.1, -0.05) is 48.0 Å². The maximum Gasteiger partial charge on any atom is 0.338 e. The Labute approximate surface area is 156 Å². The number of para-hydroxylation sites is 1. The van der Waals surface area contributed by atoms with E-state index < -0.39 is 12.1 Å². The first-order chi connectivity index (χ1) is 11.9. The average Bonchev–Trinajstić information content (AvgIpc) is 2.61. The quantitative estimate of drug-likeness (QED) is 0.678. The molecule has 2 rings (SSSR count). The molecule has 1 N–H and O–H groups in total. The van der Waals surface area contributed by atoms with Crippen molar-refractivity contribution in [1.82, 2.24) is 0 Å². The second-order valence-corrected chi connectivity index (χ2v) is 6.86. The van der Waals surface area contributed by atoms with Crippen molar-refractivity contribution in [2.45, 2.75) is 39.2 Å². The molecule has 4 nitrogen and oxygen atoms in total. The Kier molecular flexibility index (Phi) is 6.76. The number of hydrogen-bond acceptors (Lipinski definition) is 3. The first-order valence-electron chi connectivity index (χ1n) is 8.28. The molecule has 2 aromatic rings. The summed E-state index contributed by atoms with van der Waals surface area (Å²) in [4.78, 5) is 24.5. The van der Waals surface area contributed by atoms with E-state index in [2.05, 4.69) is 35.1 Å². The lowest BCUT2D eigenvalue weighted by atomic mass is 9.97. The van der Waals surface area contributed by atoms with E-state index in [0.29, 0.717) is 11.5 Å². The summed E-state index contributed by atoms with van der Waals surface area (Å²) in [6.45, 7) is 5.78. The van der Waals surface area contributed by atoms with E-state index in [1.54, 1.807) is 31.2 Å². The highest BCUT2D eigenvalue weighted by atomic mass is 79.9. The largest absolute Gasteiger partial charge is 0.449 e. The van der Waals surface area contributed by atoms with Gasteiger partial charge < -0.3 is 10.1 Å². The molecule has 0 unspecified atom stereocenters. The predicted molar refractivity (Wildman–Crippen MR) is 103 cm³/mol. The molecule has 2 atom stereocenters. The lowest BCUT2D eigenvalue weighted by Crippen LogP contribution is -2.30. The summed E-state index contributed by atoms with van der Waals surface area (Å²) < 4.78 is 6.14. The minimum absolute atomic E-state index is 0.331. The Bertz CT molecular complexity index is 743. The maximum absolute atomic E-state index is 12.4. The number of rotatable bonds is 6. The summed E-state index contributed by atoms with van der Waals surface area (Å²) >= 11 is 3.31. The van der Waals surface area contributed by atoms with Gasteiger partial charge in [-0.25, -0.2) is 4.79 Å². The summed E-state index contributed by atoms with van der Waals surface area (Å²) in [5, 5.41) is 2.87. The number of carbonyl (C=O) groups excluding carboxylic acids is 2. The van der Waals surface area contributed by atoms with Crippen LogP contribution in [0.2, 0.25) is 0 Å². The molecule has 0 radical (unpaired) electrons. The number of ether oxygens (including phenoxy) is 1. The van der Waals surface area contributed by atoms with Crippen LogP contribution in [0.1, 0.15) is 49.0 Å². The Morgan fingerprint density at radius 3 is 2.36 bits per heavy atom. The van der Waals surface area contributed by atoms with Crippen LogP contribution in [-0.2, 0) is 9.53 Å². The zero-order chi connectivity index (χ0) is 18.4. The number of amides is 1. The molecule has 0 fully saturated rings. The SMILES string of the molecule is CC[C@H](C)c1ccccc1NC(=O)[C@@H](C)OC(=O)c1ccc(Br)cc1. The van der Waals surface area contributed by atoms with Crippen LogP contribution >= 0.6 is 15.9 Å². The predicted octanol–water partition coefficient (Wildman–Crippen LogP) is 5.15. The number of nitrogens with one attached hydrogen (secondary N) is 1. The number of hydrogen-bond donors (Lipinski definition) is 1. The van der Waals surface area contributed by atoms with Crippen LogP contribution in [0.5, 0.6) is 0 Å². The molecule has 25 heavy (non-hydrogen) atoms. The molecule has 132 valence electrons. The lowest BCUT2D eigenvalue weighted by Gasteiger charge is -2.18. The van der Waals surface area contributed by atoms with Gasteiger partial charge in [0.1, 0.15) is 0 Å². The van der Waals surface area contributed by atoms with Crippen molar-refractivity contribution in [2.75, 3.05) is 5.32 Å². The molecule has 0 heterocycles. The van der Waals surface area contributed by atoms with Gasteiger partial charge in [-0.05, 0) is 55.2 Å². The zero-order valence-electron chi connectivity index (χ0n) is 14.6. The molecule has 0 spiro atoms. The first kappa shape index (κ1) is 19.2. The number of halogens is 1. The Morgan fingerprint density at radius 1 is 1.08 bits per heavy atom. The van der Waals surface area contributed by atoms with Gasteiger partial charge in [0.05, 0.1) is 5.56 Å². The van der Waals surface area contributed by atoms with Gasteiger partial charge in [0.15, 0.2) is 6.10 Å². The highest BCUT2D eigenvalue weighted by Gasteiger charge is 2.20. The van der Waals surface area contributed by atoms with E-state index in [9.17, 15) is 9.59 Å². The van der Waals surface area contributed by atoms with Gasteiger partial charge in [-0.2, -0.15) is 0 Å². The Morgan fingerprint density at radius 2 is 1.72 bits per heavy atom. The van der Waals surface area contributed by atoms with Gasteiger partial charge >= 0.3 is 5.97 Å². The summed E-state index contributed by atoms with van der Waals surface area (Å²) in [6, 6.07) is 14.5. The minimum atomic E-state index is -0.888. The van der Waals surface area contributed by atoms with Crippen LogP contribution in [0.25, 0.3) is 0 Å². The normalized spacial score (nSPS) is 13.0. The monoisotopic (exact) mass is 403 g/mol. The molecule has 2 aromatic carbocycles. The smallest absolute Gasteiger partial charge is 0.338 e. The van der Waals surface area contributed by atoms with Crippen LogP contribution in [0, 0.1) is 0 Å². The maximum atomic E-state index is 12.4. The number of anilines is 1. The Hall–Kier alpha value is -2.14. The number of carbonyl (C=O) groups is 2. The van der Waals surface area contributed by atoms with Crippen molar-refractivity contribution in [3.05, 3.63) is 64.1 Å². The van der Waals surface area contributed by atoms with Crippen molar-refractivity contribution >= 4 is 33.5 Å². The fourth-order valence-corrected chi connectivity index (χ4v) is 2.63. The fraction of sp³-hybridized carbons (Fsp3) is 0.300. The second-order valence-electron chi connectivity index (χ2n) is 5.94. The Balaban J connectivity index is 2.03. The molecule has 5 heteroatoms. The molecular formula is C20H22BrNO3. The lowest BCUT2D eigenvalue weighted by molar-refractivity contribution is -0.123. The molecule has 0 aliphatic carbocycles. The van der Waals surface area contributed by atoms with E-state index in [4.69, 9.17) is 4.74 Å².